The van der Waals surface area contributed by atoms with Gasteiger partial charge in [0, 0.05) is 20.1 Å². The zero-order valence-electron chi connectivity index (χ0n) is 6.68. The van der Waals surface area contributed by atoms with Crippen LogP contribution in [-0.2, 0) is 9.53 Å². The van der Waals surface area contributed by atoms with Crippen molar-refractivity contribution in [2.45, 2.75) is 20.8 Å². The number of carboxylic acid groups (broad SMARTS) is 1. The van der Waals surface area contributed by atoms with Crippen LogP contribution in [0, 0.1) is 0 Å². The van der Waals surface area contributed by atoms with E-state index in [0.717, 1.165) is 20.1 Å². The third-order valence-corrected chi connectivity index (χ3v) is 0.408. The normalized spacial score (nSPS) is 6.70. The molecule has 0 aliphatic heterocycles. The van der Waals surface area contributed by atoms with Crippen LogP contribution in [0.4, 0.5) is 0 Å². The zero-order chi connectivity index (χ0) is 7.70. The van der Waals surface area contributed by atoms with Gasteiger partial charge in [0.2, 0.25) is 0 Å². The van der Waals surface area contributed by atoms with Gasteiger partial charge in [0.25, 0.3) is 5.97 Å². The fraction of sp³-hybridized carbons (Fsp3) is 0.833. The third kappa shape index (κ3) is 156. The monoisotopic (exact) mass is 152 g/mol. The van der Waals surface area contributed by atoms with Crippen molar-refractivity contribution in [1.82, 2.24) is 0 Å². The summed E-state index contributed by atoms with van der Waals surface area (Å²) in [5, 5.41) is 7.42. The van der Waals surface area contributed by atoms with Crippen LogP contribution < -0.4 is 0 Å². The summed E-state index contributed by atoms with van der Waals surface area (Å²) in [4.78, 5) is 9.00. The fourth-order valence-electron chi connectivity index (χ4n) is 0.204. The van der Waals surface area contributed by atoms with Gasteiger partial charge in [0.15, 0.2) is 0 Å². The van der Waals surface area contributed by atoms with E-state index in [4.69, 9.17) is 14.6 Å². The highest BCUT2D eigenvalue weighted by molar-refractivity contribution is 5.62. The van der Waals surface area contributed by atoms with Crippen molar-refractivity contribution in [2.75, 3.05) is 13.2 Å². The largest absolute Gasteiger partial charge is 0.481 e. The van der Waals surface area contributed by atoms with Gasteiger partial charge in [-0.2, -0.15) is 0 Å². The Kier molecular flexibility index (Phi) is 25.5. The molecular formula is C6H16O4. The second-order valence-electron chi connectivity index (χ2n) is 1.30. The molecule has 0 spiro atoms. The van der Waals surface area contributed by atoms with Crippen molar-refractivity contribution < 1.29 is 20.1 Å². The highest BCUT2D eigenvalue weighted by Crippen LogP contribution is 1.64. The van der Waals surface area contributed by atoms with Crippen molar-refractivity contribution in [1.29, 1.82) is 0 Å². The van der Waals surface area contributed by atoms with E-state index >= 15 is 0 Å². The van der Waals surface area contributed by atoms with Gasteiger partial charge in [-0.25, -0.2) is 0 Å². The molecule has 0 rings (SSSR count). The van der Waals surface area contributed by atoms with E-state index in [1.54, 1.807) is 0 Å². The Morgan fingerprint density at radius 3 is 1.60 bits per heavy atom. The lowest BCUT2D eigenvalue weighted by molar-refractivity contribution is -0.134. The molecule has 0 aromatic carbocycles. The van der Waals surface area contributed by atoms with Crippen molar-refractivity contribution in [3.05, 3.63) is 0 Å². The van der Waals surface area contributed by atoms with Gasteiger partial charge < -0.3 is 15.3 Å². The van der Waals surface area contributed by atoms with Crippen LogP contribution in [0.3, 0.4) is 0 Å². The van der Waals surface area contributed by atoms with E-state index in [0.29, 0.717) is 0 Å². The van der Waals surface area contributed by atoms with Crippen molar-refractivity contribution in [2.24, 2.45) is 0 Å². The molecule has 0 atom stereocenters. The number of hydrogen-bond donors (Lipinski definition) is 1. The molecule has 0 aromatic rings. The standard InChI is InChI=1S/C4H10O.C2H4O2.H2O/c1-3-5-4-2;1-2(3)4;/h3-4H2,1-2H3;1H3,(H,3,4);1H2. The highest BCUT2D eigenvalue weighted by atomic mass is 16.5. The molecule has 64 valence electrons. The molecule has 0 aromatic heterocycles. The van der Waals surface area contributed by atoms with Gasteiger partial charge in [-0.3, -0.25) is 4.79 Å². The first-order chi connectivity index (χ1) is 4.15. The second kappa shape index (κ2) is 15.8. The summed E-state index contributed by atoms with van der Waals surface area (Å²) in [6.07, 6.45) is 0. The topological polar surface area (TPSA) is 78.0 Å². The summed E-state index contributed by atoms with van der Waals surface area (Å²) < 4.78 is 4.83. The highest BCUT2D eigenvalue weighted by Gasteiger charge is 1.65. The van der Waals surface area contributed by atoms with Crippen LogP contribution in [0.2, 0.25) is 0 Å². The van der Waals surface area contributed by atoms with Crippen LogP contribution >= 0.6 is 0 Å². The molecule has 0 unspecified atom stereocenters. The molecule has 0 saturated carbocycles. The summed E-state index contributed by atoms with van der Waals surface area (Å²) in [7, 11) is 0. The van der Waals surface area contributed by atoms with Crippen molar-refractivity contribution in [3.8, 4) is 0 Å². The minimum atomic E-state index is -0.833. The number of ether oxygens (including phenoxy) is 1. The van der Waals surface area contributed by atoms with Crippen molar-refractivity contribution >= 4 is 5.97 Å². The van der Waals surface area contributed by atoms with Gasteiger partial charge >= 0.3 is 0 Å². The van der Waals surface area contributed by atoms with Gasteiger partial charge in [0.05, 0.1) is 0 Å². The first kappa shape index (κ1) is 16.2. The van der Waals surface area contributed by atoms with Crippen LogP contribution in [0.15, 0.2) is 0 Å². The van der Waals surface area contributed by atoms with E-state index in [-0.39, 0.29) is 5.48 Å². The minimum Gasteiger partial charge on any atom is -0.481 e. The van der Waals surface area contributed by atoms with E-state index in [1.165, 1.54) is 0 Å². The lowest BCUT2D eigenvalue weighted by Crippen LogP contribution is -1.84. The average molecular weight is 152 g/mol. The molecule has 3 N–H and O–H groups in total. The molecular weight excluding hydrogens is 136 g/mol. The van der Waals surface area contributed by atoms with Gasteiger partial charge in [-0.05, 0) is 13.8 Å². The zero-order valence-corrected chi connectivity index (χ0v) is 6.68. The van der Waals surface area contributed by atoms with E-state index in [1.807, 2.05) is 13.8 Å². The summed E-state index contributed by atoms with van der Waals surface area (Å²) in [6.45, 7) is 6.75. The maximum absolute atomic E-state index is 9.00. The average Bonchev–Trinajstić information content (AvgIpc) is 1.66. The number of aliphatic carboxylic acids is 1. The summed E-state index contributed by atoms with van der Waals surface area (Å²) in [6, 6.07) is 0. The van der Waals surface area contributed by atoms with Gasteiger partial charge in [-0.1, -0.05) is 0 Å². The summed E-state index contributed by atoms with van der Waals surface area (Å²) in [5.74, 6) is -0.833. The maximum Gasteiger partial charge on any atom is 0.300 e. The molecule has 0 saturated heterocycles. The Morgan fingerprint density at radius 2 is 1.60 bits per heavy atom. The minimum absolute atomic E-state index is 0. The van der Waals surface area contributed by atoms with Gasteiger partial charge in [-0.15, -0.1) is 0 Å². The first-order valence-electron chi connectivity index (χ1n) is 2.92. The first-order valence-corrected chi connectivity index (χ1v) is 2.92. The Balaban J connectivity index is -0.0000000910. The molecule has 4 heteroatoms. The van der Waals surface area contributed by atoms with E-state index in [2.05, 4.69) is 0 Å². The molecule has 10 heavy (non-hydrogen) atoms. The third-order valence-electron chi connectivity index (χ3n) is 0.408. The number of carboxylic acids is 1. The molecule has 4 nitrogen and oxygen atoms in total. The summed E-state index contributed by atoms with van der Waals surface area (Å²) >= 11 is 0. The lowest BCUT2D eigenvalue weighted by atomic mass is 10.8. The Labute approximate surface area is 61.1 Å². The molecule has 0 heterocycles. The van der Waals surface area contributed by atoms with E-state index in [9.17, 15) is 0 Å². The number of hydrogen-bond acceptors (Lipinski definition) is 2. The van der Waals surface area contributed by atoms with Crippen LogP contribution in [0.1, 0.15) is 20.8 Å². The molecule has 0 fully saturated rings. The fourth-order valence-corrected chi connectivity index (χ4v) is 0.204. The summed E-state index contributed by atoms with van der Waals surface area (Å²) in [5.41, 5.74) is 0. The predicted molar refractivity (Wildman–Crippen MR) is 39.1 cm³/mol. The smallest absolute Gasteiger partial charge is 0.300 e. The second-order valence-corrected chi connectivity index (χ2v) is 1.30. The van der Waals surface area contributed by atoms with Crippen LogP contribution in [0.5, 0.6) is 0 Å². The van der Waals surface area contributed by atoms with E-state index < -0.39 is 5.97 Å². The molecule has 0 amide bonds. The molecule has 0 bridgehead atoms. The Hall–Kier alpha value is -0.610. The lowest BCUT2D eigenvalue weighted by Gasteiger charge is -1.86. The van der Waals surface area contributed by atoms with Crippen LogP contribution in [-0.4, -0.2) is 29.8 Å². The maximum atomic E-state index is 9.00. The number of rotatable bonds is 2. The van der Waals surface area contributed by atoms with Crippen LogP contribution in [0.25, 0.3) is 0 Å². The quantitative estimate of drug-likeness (QED) is 0.618. The predicted octanol–water partition coefficient (Wildman–Crippen LogP) is 0.309. The molecule has 0 aliphatic carbocycles. The Morgan fingerprint density at radius 1 is 1.40 bits per heavy atom. The van der Waals surface area contributed by atoms with Gasteiger partial charge in [0.1, 0.15) is 0 Å². The SMILES string of the molecule is CC(=O)O.CCOCC.O. The molecule has 0 radical (unpaired) electrons. The number of carbonyl (C=O) groups is 1. The van der Waals surface area contributed by atoms with Crippen molar-refractivity contribution in [3.63, 3.8) is 0 Å². The Bertz CT molecular complexity index is 56.8. The molecule has 0 aliphatic rings.